The summed E-state index contributed by atoms with van der Waals surface area (Å²) in [7, 11) is 3.26. The van der Waals surface area contributed by atoms with Gasteiger partial charge in [-0.2, -0.15) is 0 Å². The summed E-state index contributed by atoms with van der Waals surface area (Å²) in [5, 5.41) is -0.305. The van der Waals surface area contributed by atoms with Crippen molar-refractivity contribution in [2.45, 2.75) is 25.7 Å². The summed E-state index contributed by atoms with van der Waals surface area (Å²) in [5.74, 6) is 2.85. The Morgan fingerprint density at radius 1 is 0.759 bits per heavy atom. The van der Waals surface area contributed by atoms with Crippen LogP contribution in [0.2, 0.25) is 0 Å². The fraction of sp³-hybridized carbons (Fsp3) is 0.364. The largest absolute Gasteiger partial charge is 0.497 e. The molecule has 0 N–H and O–H groups in total. The molecule has 0 aliphatic rings. The molecule has 0 spiro atoms. The van der Waals surface area contributed by atoms with Crippen molar-refractivity contribution in [2.24, 2.45) is 0 Å². The molecule has 0 unspecified atom stereocenters. The van der Waals surface area contributed by atoms with Crippen LogP contribution >= 0.6 is 34.8 Å². The molecular formula is C22H27Cl3O4. The number of hydrogen-bond acceptors (Lipinski definition) is 4. The number of carbonyl (C=O) groups is 2. The van der Waals surface area contributed by atoms with E-state index in [1.165, 1.54) is 0 Å². The molecule has 0 saturated heterocycles. The zero-order valence-electron chi connectivity index (χ0n) is 16.7. The van der Waals surface area contributed by atoms with Gasteiger partial charge in [0.2, 0.25) is 5.24 Å². The number of ketones is 1. The number of methoxy groups -OCH3 is 2. The highest BCUT2D eigenvalue weighted by Gasteiger charge is 2.04. The van der Waals surface area contributed by atoms with E-state index in [1.807, 2.05) is 30.3 Å². The van der Waals surface area contributed by atoms with Crippen molar-refractivity contribution in [3.8, 4) is 11.5 Å². The number of halogens is 3. The molecule has 0 bridgehead atoms. The first kappa shape index (κ1) is 27.2. The topological polar surface area (TPSA) is 52.6 Å². The Hall–Kier alpha value is -1.75. The van der Waals surface area contributed by atoms with E-state index in [9.17, 15) is 9.59 Å². The lowest BCUT2D eigenvalue weighted by molar-refractivity contribution is -0.111. The molecule has 0 aliphatic carbocycles. The molecule has 0 aliphatic heterocycles. The van der Waals surface area contributed by atoms with E-state index in [2.05, 4.69) is 0 Å². The van der Waals surface area contributed by atoms with Crippen LogP contribution in [0.4, 0.5) is 0 Å². The Morgan fingerprint density at radius 2 is 1.24 bits per heavy atom. The fourth-order valence-electron chi connectivity index (χ4n) is 1.91. The minimum atomic E-state index is -0.305. The van der Waals surface area contributed by atoms with E-state index in [0.717, 1.165) is 23.5 Å². The van der Waals surface area contributed by atoms with Crippen LogP contribution in [0.15, 0.2) is 54.6 Å². The Morgan fingerprint density at radius 3 is 1.62 bits per heavy atom. The minimum Gasteiger partial charge on any atom is -0.497 e. The van der Waals surface area contributed by atoms with Gasteiger partial charge in [-0.25, -0.2) is 0 Å². The molecule has 0 radical (unpaired) electrons. The van der Waals surface area contributed by atoms with Crippen molar-refractivity contribution < 1.29 is 19.1 Å². The number of carbonyl (C=O) groups excluding carboxylic acids is 2. The summed E-state index contributed by atoms with van der Waals surface area (Å²) in [6, 6.07) is 16.8. The summed E-state index contributed by atoms with van der Waals surface area (Å²) in [6.45, 7) is 0. The van der Waals surface area contributed by atoms with Crippen LogP contribution in [0.25, 0.3) is 0 Å². The van der Waals surface area contributed by atoms with E-state index >= 15 is 0 Å². The lowest BCUT2D eigenvalue weighted by Gasteiger charge is -2.01. The second-order valence-corrected chi connectivity index (χ2v) is 6.79. The van der Waals surface area contributed by atoms with Crippen LogP contribution in [0.3, 0.4) is 0 Å². The summed E-state index contributed by atoms with van der Waals surface area (Å²) in [4.78, 5) is 21.4. The van der Waals surface area contributed by atoms with Gasteiger partial charge in [0.1, 0.15) is 11.5 Å². The van der Waals surface area contributed by atoms with Crippen molar-refractivity contribution >= 4 is 45.8 Å². The standard InChI is InChI=1S/C11H13ClO2.C7H8O.C4H6Cl2O/c1-14-10-6-4-9(5-7-10)11(13)3-2-8-12;1-8-7-5-3-2-4-6-7;5-3-1-2-4(6)7/h4-7H,2-3,8H2,1H3;2-6H,1H3;1-3H2. The van der Waals surface area contributed by atoms with Crippen LogP contribution < -0.4 is 9.47 Å². The number of rotatable bonds is 9. The molecule has 2 aromatic carbocycles. The SMILES string of the molecule is COc1ccc(C(=O)CCCCl)cc1.COc1ccccc1.O=C(Cl)CCCCl. The lowest BCUT2D eigenvalue weighted by atomic mass is 10.1. The van der Waals surface area contributed by atoms with Gasteiger partial charge in [0, 0.05) is 30.2 Å². The third-order valence-corrected chi connectivity index (χ3v) is 4.16. The first-order valence-electron chi connectivity index (χ1n) is 9.05. The highest BCUT2D eigenvalue weighted by molar-refractivity contribution is 6.63. The molecule has 0 aromatic heterocycles. The van der Waals surface area contributed by atoms with Gasteiger partial charge in [-0.3, -0.25) is 9.59 Å². The van der Waals surface area contributed by atoms with Crippen molar-refractivity contribution in [1.29, 1.82) is 0 Å². The Bertz CT molecular complexity index is 676. The first-order chi connectivity index (χ1) is 14.0. The van der Waals surface area contributed by atoms with Crippen LogP contribution in [0, 0.1) is 0 Å². The fourth-order valence-corrected chi connectivity index (χ4v) is 2.31. The molecule has 0 saturated carbocycles. The molecule has 0 heterocycles. The number of para-hydroxylation sites is 1. The van der Waals surface area contributed by atoms with E-state index in [4.69, 9.17) is 44.3 Å². The van der Waals surface area contributed by atoms with Gasteiger partial charge >= 0.3 is 0 Å². The third kappa shape index (κ3) is 14.8. The number of benzene rings is 2. The van der Waals surface area contributed by atoms with Crippen LogP contribution in [-0.2, 0) is 4.79 Å². The third-order valence-electron chi connectivity index (χ3n) is 3.44. The van der Waals surface area contributed by atoms with Gasteiger partial charge < -0.3 is 9.47 Å². The number of hydrogen-bond donors (Lipinski definition) is 0. The van der Waals surface area contributed by atoms with Gasteiger partial charge in [-0.1, -0.05) is 18.2 Å². The van der Waals surface area contributed by atoms with E-state index in [1.54, 1.807) is 38.5 Å². The quantitative estimate of drug-likeness (QED) is 0.247. The summed E-state index contributed by atoms with van der Waals surface area (Å²) < 4.78 is 9.91. The molecule has 0 amide bonds. The van der Waals surface area contributed by atoms with Gasteiger partial charge in [0.15, 0.2) is 5.78 Å². The van der Waals surface area contributed by atoms with Gasteiger partial charge in [0.05, 0.1) is 14.2 Å². The van der Waals surface area contributed by atoms with Crippen molar-refractivity contribution in [1.82, 2.24) is 0 Å². The molecule has 0 atom stereocenters. The number of ether oxygens (including phenoxy) is 2. The number of Topliss-reactive ketones (excluding diaryl/α,β-unsaturated/α-hetero) is 1. The summed E-state index contributed by atoms with van der Waals surface area (Å²) in [5.41, 5.74) is 0.718. The Kier molecular flexibility index (Phi) is 17.2. The first-order valence-corrected chi connectivity index (χ1v) is 10.5. The van der Waals surface area contributed by atoms with Crippen molar-refractivity contribution in [3.05, 3.63) is 60.2 Å². The maximum atomic E-state index is 11.5. The summed E-state index contributed by atoms with van der Waals surface area (Å²) in [6.07, 6.45) is 2.32. The molecule has 0 fully saturated rings. The van der Waals surface area contributed by atoms with E-state index in [0.29, 0.717) is 31.0 Å². The smallest absolute Gasteiger partial charge is 0.221 e. The average Bonchev–Trinajstić information content (AvgIpc) is 2.77. The average molecular weight is 462 g/mol. The maximum Gasteiger partial charge on any atom is 0.221 e. The summed E-state index contributed by atoms with van der Waals surface area (Å²) >= 11 is 15.7. The molecule has 7 heteroatoms. The van der Waals surface area contributed by atoms with Gasteiger partial charge in [0.25, 0.3) is 0 Å². The normalized spacial score (nSPS) is 9.28. The zero-order chi connectivity index (χ0) is 21.9. The van der Waals surface area contributed by atoms with Gasteiger partial charge in [-0.15, -0.1) is 23.2 Å². The maximum absolute atomic E-state index is 11.5. The predicted molar refractivity (Wildman–Crippen MR) is 121 cm³/mol. The Labute approximate surface area is 188 Å². The zero-order valence-corrected chi connectivity index (χ0v) is 19.0. The number of alkyl halides is 2. The highest BCUT2D eigenvalue weighted by atomic mass is 35.5. The second kappa shape index (κ2) is 18.3. The van der Waals surface area contributed by atoms with E-state index < -0.39 is 0 Å². The monoisotopic (exact) mass is 460 g/mol. The molecule has 160 valence electrons. The van der Waals surface area contributed by atoms with Crippen LogP contribution in [0.5, 0.6) is 11.5 Å². The molecule has 4 nitrogen and oxygen atoms in total. The van der Waals surface area contributed by atoms with Gasteiger partial charge in [-0.05, 0) is 60.8 Å². The molecule has 2 rings (SSSR count). The molecular weight excluding hydrogens is 435 g/mol. The minimum absolute atomic E-state index is 0.133. The van der Waals surface area contributed by atoms with Crippen molar-refractivity contribution in [2.75, 3.05) is 26.0 Å². The van der Waals surface area contributed by atoms with E-state index in [-0.39, 0.29) is 11.0 Å². The van der Waals surface area contributed by atoms with Crippen LogP contribution in [-0.4, -0.2) is 37.0 Å². The lowest BCUT2D eigenvalue weighted by Crippen LogP contribution is -1.99. The van der Waals surface area contributed by atoms with Crippen molar-refractivity contribution in [3.63, 3.8) is 0 Å². The molecule has 2 aromatic rings. The predicted octanol–water partition coefficient (Wildman–Crippen LogP) is 6.36. The van der Waals surface area contributed by atoms with Crippen LogP contribution in [0.1, 0.15) is 36.0 Å². The second-order valence-electron chi connectivity index (χ2n) is 5.61. The Balaban J connectivity index is 0.000000444. The molecule has 29 heavy (non-hydrogen) atoms. The highest BCUT2D eigenvalue weighted by Crippen LogP contribution is 2.13.